The van der Waals surface area contributed by atoms with Crippen molar-refractivity contribution in [3.8, 4) is 0 Å². The Kier molecular flexibility index (Phi) is 5.35. The highest BCUT2D eigenvalue weighted by Gasteiger charge is 2.28. The summed E-state index contributed by atoms with van der Waals surface area (Å²) >= 11 is 5.70. The zero-order valence-electron chi connectivity index (χ0n) is 12.8. The molecule has 1 aliphatic heterocycles. The second-order valence-electron chi connectivity index (χ2n) is 5.80. The van der Waals surface area contributed by atoms with Gasteiger partial charge in [-0.05, 0) is 45.8 Å². The molecule has 0 N–H and O–H groups in total. The fraction of sp³-hybridized carbons (Fsp3) is 0.714. The van der Waals surface area contributed by atoms with Crippen molar-refractivity contribution in [2.24, 2.45) is 5.92 Å². The number of aryl methyl sites for hydroxylation is 1. The van der Waals surface area contributed by atoms with Crippen LogP contribution in [0.25, 0.3) is 0 Å². The third-order valence-corrected chi connectivity index (χ3v) is 6.29. The maximum absolute atomic E-state index is 12.6. The van der Waals surface area contributed by atoms with E-state index in [4.69, 9.17) is 16.0 Å². The summed E-state index contributed by atoms with van der Waals surface area (Å²) in [6.45, 7) is 4.27. The van der Waals surface area contributed by atoms with Gasteiger partial charge in [0.25, 0.3) is 0 Å². The summed E-state index contributed by atoms with van der Waals surface area (Å²) < 4.78 is 32.1. The Balaban J connectivity index is 2.09. The summed E-state index contributed by atoms with van der Waals surface area (Å²) in [5.74, 6) is 1.48. The molecule has 1 aliphatic rings. The Morgan fingerprint density at radius 2 is 2.05 bits per heavy atom. The Labute approximate surface area is 131 Å². The minimum atomic E-state index is -3.50. The van der Waals surface area contributed by atoms with E-state index in [0.717, 1.165) is 25.9 Å². The van der Waals surface area contributed by atoms with Crippen molar-refractivity contribution in [1.29, 1.82) is 0 Å². The highest BCUT2D eigenvalue weighted by molar-refractivity contribution is 7.89. The number of halogens is 1. The molecule has 7 heteroatoms. The number of rotatable bonds is 5. The first-order chi connectivity index (χ1) is 9.84. The van der Waals surface area contributed by atoms with Gasteiger partial charge in [0.15, 0.2) is 0 Å². The van der Waals surface area contributed by atoms with Crippen LogP contribution in [-0.4, -0.2) is 51.4 Å². The van der Waals surface area contributed by atoms with Crippen LogP contribution < -0.4 is 0 Å². The molecule has 2 heterocycles. The molecule has 21 heavy (non-hydrogen) atoms. The van der Waals surface area contributed by atoms with Crippen LogP contribution in [-0.2, 0) is 15.9 Å². The molecule has 0 atom stereocenters. The Morgan fingerprint density at radius 1 is 1.43 bits per heavy atom. The number of hydrogen-bond donors (Lipinski definition) is 0. The molecule has 0 radical (unpaired) electrons. The van der Waals surface area contributed by atoms with Gasteiger partial charge in [-0.1, -0.05) is 0 Å². The van der Waals surface area contributed by atoms with Gasteiger partial charge in [0.2, 0.25) is 10.0 Å². The van der Waals surface area contributed by atoms with E-state index in [1.54, 1.807) is 14.0 Å². The van der Waals surface area contributed by atoms with Gasteiger partial charge in [-0.15, -0.1) is 11.6 Å². The van der Waals surface area contributed by atoms with Crippen molar-refractivity contribution in [2.75, 3.05) is 33.7 Å². The normalized spacial score (nSPS) is 18.5. The third kappa shape index (κ3) is 3.80. The van der Waals surface area contributed by atoms with E-state index in [1.807, 2.05) is 0 Å². The number of alkyl halides is 1. The van der Waals surface area contributed by atoms with Crippen molar-refractivity contribution in [3.63, 3.8) is 0 Å². The van der Waals surface area contributed by atoms with E-state index in [9.17, 15) is 8.42 Å². The standard InChI is InChI=1S/C14H23ClN2O3S/c1-11-14(8-13(9-15)20-11)21(18,19)17(3)10-12-4-6-16(2)7-5-12/h8,12H,4-7,9-10H2,1-3H3. The summed E-state index contributed by atoms with van der Waals surface area (Å²) in [4.78, 5) is 2.51. The van der Waals surface area contributed by atoms with Gasteiger partial charge >= 0.3 is 0 Å². The molecule has 120 valence electrons. The Morgan fingerprint density at radius 3 is 2.57 bits per heavy atom. The van der Waals surface area contributed by atoms with Crippen molar-refractivity contribution in [2.45, 2.75) is 30.5 Å². The van der Waals surface area contributed by atoms with Crippen molar-refractivity contribution in [3.05, 3.63) is 17.6 Å². The van der Waals surface area contributed by atoms with Crippen LogP contribution in [0, 0.1) is 12.8 Å². The van der Waals surface area contributed by atoms with E-state index in [2.05, 4.69) is 11.9 Å². The first kappa shape index (κ1) is 16.8. The highest BCUT2D eigenvalue weighted by atomic mass is 35.5. The van der Waals surface area contributed by atoms with Gasteiger partial charge in [-0.2, -0.15) is 0 Å². The lowest BCUT2D eigenvalue weighted by atomic mass is 9.97. The average molecular weight is 335 g/mol. The largest absolute Gasteiger partial charge is 0.464 e. The molecule has 0 aliphatic carbocycles. The van der Waals surface area contributed by atoms with E-state index < -0.39 is 10.0 Å². The smallest absolute Gasteiger partial charge is 0.246 e. The molecule has 0 saturated carbocycles. The number of piperidine rings is 1. The molecule has 0 unspecified atom stereocenters. The number of furan rings is 1. The lowest BCUT2D eigenvalue weighted by Crippen LogP contribution is -2.38. The summed E-state index contributed by atoms with van der Waals surface area (Å²) in [5, 5.41) is 0. The molecule has 1 aromatic rings. The first-order valence-corrected chi connectivity index (χ1v) is 9.12. The quantitative estimate of drug-likeness (QED) is 0.775. The summed E-state index contributed by atoms with van der Waals surface area (Å²) in [6.07, 6.45) is 2.07. The molecule has 1 fully saturated rings. The molecule has 1 saturated heterocycles. The number of nitrogens with zero attached hydrogens (tertiary/aromatic N) is 2. The van der Waals surface area contributed by atoms with E-state index in [1.165, 1.54) is 10.4 Å². The molecular weight excluding hydrogens is 312 g/mol. The lowest BCUT2D eigenvalue weighted by molar-refractivity contribution is 0.202. The predicted octanol–water partition coefficient (Wildman–Crippen LogP) is 2.29. The minimum Gasteiger partial charge on any atom is -0.464 e. The maximum Gasteiger partial charge on any atom is 0.246 e. The molecule has 0 bridgehead atoms. The molecule has 5 nitrogen and oxygen atoms in total. The number of sulfonamides is 1. The van der Waals surface area contributed by atoms with Crippen molar-refractivity contribution >= 4 is 21.6 Å². The molecule has 0 spiro atoms. The SMILES string of the molecule is Cc1oc(CCl)cc1S(=O)(=O)N(C)CC1CCN(C)CC1. The van der Waals surface area contributed by atoms with Crippen LogP contribution in [0.2, 0.25) is 0 Å². The van der Waals surface area contributed by atoms with Crippen LogP contribution in [0.4, 0.5) is 0 Å². The minimum absolute atomic E-state index is 0.176. The van der Waals surface area contributed by atoms with Crippen LogP contribution >= 0.6 is 11.6 Å². The topological polar surface area (TPSA) is 53.8 Å². The predicted molar refractivity (Wildman–Crippen MR) is 83.0 cm³/mol. The third-order valence-electron chi connectivity index (χ3n) is 4.10. The van der Waals surface area contributed by atoms with Gasteiger partial charge in [0, 0.05) is 19.7 Å². The second kappa shape index (κ2) is 6.69. The summed E-state index contributed by atoms with van der Waals surface area (Å²) in [5.41, 5.74) is 0. The van der Waals surface area contributed by atoms with Crippen LogP contribution in [0.3, 0.4) is 0 Å². The van der Waals surface area contributed by atoms with E-state index in [-0.39, 0.29) is 10.8 Å². The highest BCUT2D eigenvalue weighted by Crippen LogP contribution is 2.26. The zero-order chi connectivity index (χ0) is 15.6. The molecule has 0 aromatic carbocycles. The van der Waals surface area contributed by atoms with E-state index in [0.29, 0.717) is 24.0 Å². The van der Waals surface area contributed by atoms with Gasteiger partial charge in [-0.3, -0.25) is 0 Å². The average Bonchev–Trinajstić information content (AvgIpc) is 2.83. The first-order valence-electron chi connectivity index (χ1n) is 7.14. The molecular formula is C14H23ClN2O3S. The Bertz CT molecular complexity index is 577. The summed E-state index contributed by atoms with van der Waals surface area (Å²) in [7, 11) is 0.231. The second-order valence-corrected chi connectivity index (χ2v) is 8.08. The van der Waals surface area contributed by atoms with Gasteiger partial charge in [-0.25, -0.2) is 12.7 Å². The monoisotopic (exact) mass is 334 g/mol. The van der Waals surface area contributed by atoms with Crippen LogP contribution in [0.5, 0.6) is 0 Å². The molecule has 1 aromatic heterocycles. The zero-order valence-corrected chi connectivity index (χ0v) is 14.4. The molecule has 0 amide bonds. The van der Waals surface area contributed by atoms with E-state index >= 15 is 0 Å². The van der Waals surface area contributed by atoms with Gasteiger partial charge < -0.3 is 9.32 Å². The van der Waals surface area contributed by atoms with Crippen LogP contribution in [0.1, 0.15) is 24.4 Å². The van der Waals surface area contributed by atoms with Gasteiger partial charge in [0.05, 0.1) is 5.88 Å². The van der Waals surface area contributed by atoms with Crippen molar-refractivity contribution < 1.29 is 12.8 Å². The van der Waals surface area contributed by atoms with Gasteiger partial charge in [0.1, 0.15) is 16.4 Å². The van der Waals surface area contributed by atoms with Crippen molar-refractivity contribution in [1.82, 2.24) is 9.21 Å². The fourth-order valence-corrected chi connectivity index (χ4v) is 4.28. The summed E-state index contributed by atoms with van der Waals surface area (Å²) in [6, 6.07) is 1.53. The Hall–Kier alpha value is -0.560. The lowest BCUT2D eigenvalue weighted by Gasteiger charge is -2.31. The molecule has 2 rings (SSSR count). The number of likely N-dealkylation sites (tertiary alicyclic amines) is 1. The fourth-order valence-electron chi connectivity index (χ4n) is 2.72. The maximum atomic E-state index is 12.6. The van der Waals surface area contributed by atoms with Crippen LogP contribution in [0.15, 0.2) is 15.4 Å². The number of hydrogen-bond acceptors (Lipinski definition) is 4.